The standard InChI is InChI=1S/C10H10F3N5S/c1-5-15-3-6(19-5)4-16-8-2-7(10(11,12)13)17-9(14)18-8/h2-3H,4H2,1H3,(H3,14,16,17,18). The summed E-state index contributed by atoms with van der Waals surface area (Å²) in [5.41, 5.74) is 4.19. The van der Waals surface area contributed by atoms with Crippen LogP contribution in [0, 0.1) is 6.92 Å². The van der Waals surface area contributed by atoms with Gasteiger partial charge >= 0.3 is 6.18 Å². The largest absolute Gasteiger partial charge is 0.433 e. The molecule has 102 valence electrons. The van der Waals surface area contributed by atoms with Crippen LogP contribution in [0.4, 0.5) is 24.9 Å². The fourth-order valence-electron chi connectivity index (χ4n) is 1.37. The van der Waals surface area contributed by atoms with E-state index in [1.54, 1.807) is 6.20 Å². The number of hydrogen-bond acceptors (Lipinski definition) is 6. The number of alkyl halides is 3. The average Bonchev–Trinajstić information content (AvgIpc) is 2.71. The van der Waals surface area contributed by atoms with Crippen LogP contribution in [0.25, 0.3) is 0 Å². The molecule has 0 radical (unpaired) electrons. The summed E-state index contributed by atoms with van der Waals surface area (Å²) in [6.45, 7) is 2.18. The molecule has 0 bridgehead atoms. The number of anilines is 2. The highest BCUT2D eigenvalue weighted by Crippen LogP contribution is 2.29. The fourth-order valence-corrected chi connectivity index (χ4v) is 2.10. The molecule has 0 saturated carbocycles. The van der Waals surface area contributed by atoms with Crippen molar-refractivity contribution in [3.05, 3.63) is 27.8 Å². The zero-order valence-electron chi connectivity index (χ0n) is 9.82. The van der Waals surface area contributed by atoms with Gasteiger partial charge in [0, 0.05) is 17.1 Å². The van der Waals surface area contributed by atoms with Gasteiger partial charge in [0.05, 0.1) is 11.6 Å². The first kappa shape index (κ1) is 13.5. The first-order chi connectivity index (χ1) is 8.84. The van der Waals surface area contributed by atoms with Gasteiger partial charge in [0.15, 0.2) is 5.69 Å². The van der Waals surface area contributed by atoms with Gasteiger partial charge in [0.2, 0.25) is 5.95 Å². The maximum absolute atomic E-state index is 12.5. The van der Waals surface area contributed by atoms with Crippen LogP contribution in [0.2, 0.25) is 0 Å². The minimum atomic E-state index is -4.55. The normalized spacial score (nSPS) is 11.6. The molecule has 2 heterocycles. The van der Waals surface area contributed by atoms with Crippen LogP contribution in [0.15, 0.2) is 12.3 Å². The van der Waals surface area contributed by atoms with E-state index < -0.39 is 17.8 Å². The summed E-state index contributed by atoms with van der Waals surface area (Å²) in [5, 5.41) is 3.65. The third kappa shape index (κ3) is 3.53. The van der Waals surface area contributed by atoms with E-state index in [0.29, 0.717) is 6.54 Å². The van der Waals surface area contributed by atoms with Crippen molar-refractivity contribution in [2.24, 2.45) is 0 Å². The molecule has 0 atom stereocenters. The molecule has 0 amide bonds. The van der Waals surface area contributed by atoms with Crippen molar-refractivity contribution in [1.29, 1.82) is 0 Å². The lowest BCUT2D eigenvalue weighted by molar-refractivity contribution is -0.141. The SMILES string of the molecule is Cc1ncc(CNc2cc(C(F)(F)F)nc(N)n2)s1. The van der Waals surface area contributed by atoms with Crippen LogP contribution in [-0.2, 0) is 12.7 Å². The molecular weight excluding hydrogens is 279 g/mol. The van der Waals surface area contributed by atoms with Gasteiger partial charge in [-0.05, 0) is 6.92 Å². The molecule has 2 aromatic rings. The van der Waals surface area contributed by atoms with Gasteiger partial charge < -0.3 is 11.1 Å². The van der Waals surface area contributed by atoms with Crippen LogP contribution in [0.3, 0.4) is 0 Å². The highest BCUT2D eigenvalue weighted by Gasteiger charge is 2.33. The van der Waals surface area contributed by atoms with Crippen molar-refractivity contribution in [3.63, 3.8) is 0 Å². The second-order valence-corrected chi connectivity index (χ2v) is 5.01. The van der Waals surface area contributed by atoms with Crippen LogP contribution in [0.1, 0.15) is 15.6 Å². The van der Waals surface area contributed by atoms with E-state index in [4.69, 9.17) is 5.73 Å². The maximum Gasteiger partial charge on any atom is 0.433 e. The minimum Gasteiger partial charge on any atom is -0.368 e. The second kappa shape index (κ2) is 5.00. The Morgan fingerprint density at radius 3 is 2.68 bits per heavy atom. The van der Waals surface area contributed by atoms with Crippen molar-refractivity contribution in [2.45, 2.75) is 19.6 Å². The Bertz CT molecular complexity index is 581. The summed E-state index contributed by atoms with van der Waals surface area (Å²) in [7, 11) is 0. The molecule has 0 aliphatic heterocycles. The number of aromatic nitrogens is 3. The number of halogens is 3. The van der Waals surface area contributed by atoms with Gasteiger partial charge in [-0.2, -0.15) is 18.2 Å². The predicted molar refractivity (Wildman–Crippen MR) is 65.6 cm³/mol. The topological polar surface area (TPSA) is 76.7 Å². The third-order valence-electron chi connectivity index (χ3n) is 2.15. The Labute approximate surface area is 110 Å². The molecule has 0 aliphatic rings. The molecule has 9 heteroatoms. The quantitative estimate of drug-likeness (QED) is 0.907. The van der Waals surface area contributed by atoms with Gasteiger partial charge in [-0.15, -0.1) is 11.3 Å². The Hall–Kier alpha value is -1.90. The Morgan fingerprint density at radius 1 is 1.37 bits per heavy atom. The molecule has 0 fully saturated rings. The minimum absolute atomic E-state index is 0.0332. The number of nitrogens with one attached hydrogen (secondary N) is 1. The van der Waals surface area contributed by atoms with Crippen molar-refractivity contribution in [2.75, 3.05) is 11.1 Å². The Kier molecular flexibility index (Phi) is 3.56. The van der Waals surface area contributed by atoms with Gasteiger partial charge in [-0.3, -0.25) is 0 Å². The molecule has 0 saturated heterocycles. The first-order valence-electron chi connectivity index (χ1n) is 5.21. The molecule has 3 N–H and O–H groups in total. The summed E-state index contributed by atoms with van der Waals surface area (Å²) < 4.78 is 37.6. The van der Waals surface area contributed by atoms with E-state index in [1.807, 2.05) is 6.92 Å². The smallest absolute Gasteiger partial charge is 0.368 e. The van der Waals surface area contributed by atoms with E-state index in [2.05, 4.69) is 20.3 Å². The average molecular weight is 289 g/mol. The Balaban J connectivity index is 2.14. The van der Waals surface area contributed by atoms with Crippen LogP contribution >= 0.6 is 11.3 Å². The summed E-state index contributed by atoms with van der Waals surface area (Å²) >= 11 is 1.45. The monoisotopic (exact) mass is 289 g/mol. The predicted octanol–water partition coefficient (Wildman–Crippen LogP) is 2.45. The molecular formula is C10H10F3N5S. The molecule has 2 aromatic heterocycles. The van der Waals surface area contributed by atoms with Gasteiger partial charge in [0.1, 0.15) is 5.82 Å². The van der Waals surface area contributed by atoms with Crippen molar-refractivity contribution in [1.82, 2.24) is 15.0 Å². The lowest BCUT2D eigenvalue weighted by Crippen LogP contribution is -2.12. The number of nitrogens with two attached hydrogens (primary N) is 1. The van der Waals surface area contributed by atoms with E-state index in [9.17, 15) is 13.2 Å². The Morgan fingerprint density at radius 2 is 2.11 bits per heavy atom. The van der Waals surface area contributed by atoms with Gasteiger partial charge in [0.25, 0.3) is 0 Å². The van der Waals surface area contributed by atoms with Crippen LogP contribution < -0.4 is 11.1 Å². The maximum atomic E-state index is 12.5. The van der Waals surface area contributed by atoms with E-state index in [0.717, 1.165) is 16.0 Å². The van der Waals surface area contributed by atoms with Crippen molar-refractivity contribution < 1.29 is 13.2 Å². The molecule has 19 heavy (non-hydrogen) atoms. The van der Waals surface area contributed by atoms with Crippen molar-refractivity contribution in [3.8, 4) is 0 Å². The van der Waals surface area contributed by atoms with Crippen LogP contribution in [0.5, 0.6) is 0 Å². The second-order valence-electron chi connectivity index (χ2n) is 3.69. The summed E-state index contributed by atoms with van der Waals surface area (Å²) in [5.74, 6) is -0.385. The zero-order chi connectivity index (χ0) is 14.0. The van der Waals surface area contributed by atoms with E-state index in [1.165, 1.54) is 11.3 Å². The molecule has 0 aromatic carbocycles. The number of aryl methyl sites for hydroxylation is 1. The van der Waals surface area contributed by atoms with Gasteiger partial charge in [-0.1, -0.05) is 0 Å². The fraction of sp³-hybridized carbons (Fsp3) is 0.300. The lowest BCUT2D eigenvalue weighted by Gasteiger charge is -2.09. The molecule has 0 aliphatic carbocycles. The van der Waals surface area contributed by atoms with Crippen molar-refractivity contribution >= 4 is 23.1 Å². The molecule has 5 nitrogen and oxygen atoms in total. The lowest BCUT2D eigenvalue weighted by atomic mass is 10.3. The summed E-state index contributed by atoms with van der Waals surface area (Å²) in [4.78, 5) is 11.8. The zero-order valence-corrected chi connectivity index (χ0v) is 10.6. The molecule has 0 unspecified atom stereocenters. The molecule has 0 spiro atoms. The first-order valence-corrected chi connectivity index (χ1v) is 6.03. The van der Waals surface area contributed by atoms with E-state index in [-0.39, 0.29) is 5.82 Å². The van der Waals surface area contributed by atoms with E-state index >= 15 is 0 Å². The highest BCUT2D eigenvalue weighted by molar-refractivity contribution is 7.11. The third-order valence-corrected chi connectivity index (χ3v) is 3.06. The van der Waals surface area contributed by atoms with Gasteiger partial charge in [-0.25, -0.2) is 9.97 Å². The number of thiazole rings is 1. The summed E-state index contributed by atoms with van der Waals surface area (Å²) in [6, 6.07) is 0.824. The molecule has 2 rings (SSSR count). The number of hydrogen-bond donors (Lipinski definition) is 2. The highest BCUT2D eigenvalue weighted by atomic mass is 32.1. The number of rotatable bonds is 3. The number of nitrogen functional groups attached to an aromatic ring is 1. The summed E-state index contributed by atoms with van der Waals surface area (Å²) in [6.07, 6.45) is -2.89. The van der Waals surface area contributed by atoms with Crippen LogP contribution in [-0.4, -0.2) is 15.0 Å². The number of nitrogens with zero attached hydrogens (tertiary/aromatic N) is 3.